The minimum atomic E-state index is -1.05. The molecular weight excluding hydrogens is 416 g/mol. The molecule has 0 radical (unpaired) electrons. The molecule has 1 aromatic carbocycles. The standard InChI is InChI=1S/C16H22BrClN2O5/c1-24-5-2-6-25-15-7-11(12(17)8-13(15)18)14-3-4-16(9-21,10-22)20(14)19-23/h7-8,14,21-22H,2-6,9-10H2,1H3/t14-/m1/s1. The van der Waals surface area contributed by atoms with Crippen molar-refractivity contribution < 1.29 is 19.7 Å². The largest absolute Gasteiger partial charge is 0.492 e. The predicted molar refractivity (Wildman–Crippen MR) is 97.7 cm³/mol. The van der Waals surface area contributed by atoms with E-state index in [2.05, 4.69) is 21.2 Å². The third-order valence-corrected chi connectivity index (χ3v) is 5.48. The summed E-state index contributed by atoms with van der Waals surface area (Å²) >= 11 is 9.70. The van der Waals surface area contributed by atoms with Crippen LogP contribution in [0.15, 0.2) is 21.9 Å². The van der Waals surface area contributed by atoms with Gasteiger partial charge < -0.3 is 19.7 Å². The average Bonchev–Trinajstić information content (AvgIpc) is 2.99. The smallest absolute Gasteiger partial charge is 0.138 e. The second-order valence-corrected chi connectivity index (χ2v) is 7.28. The van der Waals surface area contributed by atoms with E-state index in [9.17, 15) is 15.1 Å². The normalized spacial score (nSPS) is 19.2. The van der Waals surface area contributed by atoms with Crippen molar-refractivity contribution in [3.05, 3.63) is 32.1 Å². The van der Waals surface area contributed by atoms with E-state index in [1.807, 2.05) is 0 Å². The Balaban J connectivity index is 2.27. The van der Waals surface area contributed by atoms with Gasteiger partial charge in [0, 0.05) is 24.6 Å². The number of aliphatic hydroxyl groups excluding tert-OH is 2. The lowest BCUT2D eigenvalue weighted by Gasteiger charge is -2.34. The van der Waals surface area contributed by atoms with Gasteiger partial charge in [-0.05, 0) is 30.5 Å². The molecule has 2 rings (SSSR count). The number of hydrogen-bond donors (Lipinski definition) is 2. The van der Waals surface area contributed by atoms with E-state index in [0.29, 0.717) is 41.3 Å². The van der Waals surface area contributed by atoms with Gasteiger partial charge in [0.25, 0.3) is 0 Å². The lowest BCUT2D eigenvalue weighted by atomic mass is 9.99. The fourth-order valence-electron chi connectivity index (χ4n) is 3.05. The molecule has 1 fully saturated rings. The lowest BCUT2D eigenvalue weighted by molar-refractivity contribution is -0.00220. The maximum Gasteiger partial charge on any atom is 0.138 e. The molecule has 140 valence electrons. The van der Waals surface area contributed by atoms with E-state index >= 15 is 0 Å². The molecule has 0 unspecified atom stereocenters. The first-order chi connectivity index (χ1) is 12.0. The Morgan fingerprint density at radius 3 is 2.72 bits per heavy atom. The van der Waals surface area contributed by atoms with Gasteiger partial charge >= 0.3 is 0 Å². The molecule has 0 bridgehead atoms. The highest BCUT2D eigenvalue weighted by molar-refractivity contribution is 9.10. The van der Waals surface area contributed by atoms with E-state index in [1.54, 1.807) is 19.2 Å². The molecule has 0 aliphatic carbocycles. The van der Waals surface area contributed by atoms with Gasteiger partial charge in [0.1, 0.15) is 11.3 Å². The van der Waals surface area contributed by atoms with Crippen LogP contribution >= 0.6 is 27.5 Å². The highest BCUT2D eigenvalue weighted by atomic mass is 79.9. The van der Waals surface area contributed by atoms with Gasteiger partial charge in [-0.2, -0.15) is 0 Å². The van der Waals surface area contributed by atoms with Crippen LogP contribution in [0.2, 0.25) is 5.02 Å². The summed E-state index contributed by atoms with van der Waals surface area (Å²) in [5, 5.41) is 24.1. The van der Waals surface area contributed by atoms with E-state index in [1.165, 1.54) is 5.01 Å². The third kappa shape index (κ3) is 4.25. The van der Waals surface area contributed by atoms with Crippen LogP contribution < -0.4 is 4.74 Å². The van der Waals surface area contributed by atoms with Crippen molar-refractivity contribution in [2.45, 2.75) is 30.8 Å². The van der Waals surface area contributed by atoms with E-state index in [-0.39, 0.29) is 19.3 Å². The molecule has 0 aromatic heterocycles. The zero-order valence-corrected chi connectivity index (χ0v) is 16.3. The Kier molecular flexibility index (Phi) is 7.45. The van der Waals surface area contributed by atoms with Gasteiger partial charge in [-0.25, -0.2) is 5.01 Å². The Labute approximate surface area is 159 Å². The maximum atomic E-state index is 11.4. The minimum absolute atomic E-state index is 0.350. The van der Waals surface area contributed by atoms with E-state index < -0.39 is 5.54 Å². The van der Waals surface area contributed by atoms with Crippen LogP contribution in [0, 0.1) is 4.91 Å². The van der Waals surface area contributed by atoms with Crippen LogP contribution in [0.1, 0.15) is 30.9 Å². The van der Waals surface area contributed by atoms with Crippen molar-refractivity contribution in [3.8, 4) is 5.75 Å². The number of methoxy groups -OCH3 is 1. The number of hydrogen-bond acceptors (Lipinski definition) is 6. The van der Waals surface area contributed by atoms with Crippen molar-refractivity contribution in [1.82, 2.24) is 5.01 Å². The average molecular weight is 438 g/mol. The van der Waals surface area contributed by atoms with Gasteiger partial charge in [0.15, 0.2) is 0 Å². The summed E-state index contributed by atoms with van der Waals surface area (Å²) in [4.78, 5) is 11.4. The Morgan fingerprint density at radius 2 is 2.12 bits per heavy atom. The van der Waals surface area contributed by atoms with Crippen LogP contribution in [0.5, 0.6) is 5.75 Å². The third-order valence-electron chi connectivity index (χ3n) is 4.50. The maximum absolute atomic E-state index is 11.4. The molecule has 0 amide bonds. The number of ether oxygens (including phenoxy) is 2. The van der Waals surface area contributed by atoms with Crippen molar-refractivity contribution in [2.24, 2.45) is 5.29 Å². The fraction of sp³-hybridized carbons (Fsp3) is 0.625. The summed E-state index contributed by atoms with van der Waals surface area (Å²) in [6.07, 6.45) is 1.74. The number of benzene rings is 1. The van der Waals surface area contributed by atoms with Gasteiger partial charge in [-0.15, -0.1) is 4.91 Å². The van der Waals surface area contributed by atoms with Gasteiger partial charge in [0.2, 0.25) is 0 Å². The highest BCUT2D eigenvalue weighted by Gasteiger charge is 2.47. The first-order valence-corrected chi connectivity index (χ1v) is 9.15. The minimum Gasteiger partial charge on any atom is -0.492 e. The highest BCUT2D eigenvalue weighted by Crippen LogP contribution is 2.46. The molecule has 1 aliphatic heterocycles. The number of rotatable bonds is 9. The van der Waals surface area contributed by atoms with Crippen LogP contribution in [0.25, 0.3) is 0 Å². The molecule has 1 aromatic rings. The van der Waals surface area contributed by atoms with Gasteiger partial charge in [0.05, 0.1) is 36.2 Å². The Hall–Kier alpha value is -0.930. The first kappa shape index (κ1) is 20.4. The zero-order chi connectivity index (χ0) is 18.4. The van der Waals surface area contributed by atoms with Crippen LogP contribution in [-0.4, -0.2) is 54.3 Å². The summed E-state index contributed by atoms with van der Waals surface area (Å²) in [6.45, 7) is 0.336. The molecule has 1 atom stereocenters. The second kappa shape index (κ2) is 9.14. The summed E-state index contributed by atoms with van der Waals surface area (Å²) in [6, 6.07) is 3.10. The van der Waals surface area contributed by atoms with Crippen LogP contribution in [0.4, 0.5) is 0 Å². The molecule has 9 heteroatoms. The molecule has 7 nitrogen and oxygen atoms in total. The topological polar surface area (TPSA) is 91.6 Å². The lowest BCUT2D eigenvalue weighted by Crippen LogP contribution is -2.47. The SMILES string of the molecule is COCCCOc1cc([C@H]2CCC(CO)(CO)N2N=O)c(Br)cc1Cl. The summed E-state index contributed by atoms with van der Waals surface area (Å²) in [5.74, 6) is 0.507. The van der Waals surface area contributed by atoms with Crippen LogP contribution in [-0.2, 0) is 4.74 Å². The predicted octanol–water partition coefficient (Wildman–Crippen LogP) is 3.06. The van der Waals surface area contributed by atoms with Crippen molar-refractivity contribution in [2.75, 3.05) is 33.5 Å². The van der Waals surface area contributed by atoms with Gasteiger partial charge in [-0.3, -0.25) is 0 Å². The van der Waals surface area contributed by atoms with Crippen molar-refractivity contribution in [3.63, 3.8) is 0 Å². The molecule has 0 spiro atoms. The molecule has 2 N–H and O–H groups in total. The number of aliphatic hydroxyl groups is 2. The molecule has 25 heavy (non-hydrogen) atoms. The zero-order valence-electron chi connectivity index (χ0n) is 14.0. The fourth-order valence-corrected chi connectivity index (χ4v) is 4.01. The molecular formula is C16H22BrClN2O5. The Bertz CT molecular complexity index is 600. The van der Waals surface area contributed by atoms with E-state index in [4.69, 9.17) is 21.1 Å². The summed E-state index contributed by atoms with van der Waals surface area (Å²) in [7, 11) is 1.63. The number of halogens is 2. The van der Waals surface area contributed by atoms with E-state index in [0.717, 1.165) is 12.0 Å². The number of nitroso groups, excluding NO2 is 1. The second-order valence-electron chi connectivity index (χ2n) is 6.02. The molecule has 1 heterocycles. The van der Waals surface area contributed by atoms with Crippen molar-refractivity contribution >= 4 is 27.5 Å². The van der Waals surface area contributed by atoms with Crippen molar-refractivity contribution in [1.29, 1.82) is 0 Å². The molecule has 0 saturated carbocycles. The Morgan fingerprint density at radius 1 is 1.40 bits per heavy atom. The summed E-state index contributed by atoms with van der Waals surface area (Å²) < 4.78 is 11.4. The monoisotopic (exact) mass is 436 g/mol. The van der Waals surface area contributed by atoms with Crippen LogP contribution in [0.3, 0.4) is 0 Å². The molecule has 1 saturated heterocycles. The first-order valence-electron chi connectivity index (χ1n) is 7.98. The van der Waals surface area contributed by atoms with Gasteiger partial charge in [-0.1, -0.05) is 27.5 Å². The quantitative estimate of drug-likeness (QED) is 0.456. The molecule has 1 aliphatic rings. The number of nitrogens with zero attached hydrogens (tertiary/aromatic N) is 2. The summed E-state index contributed by atoms with van der Waals surface area (Å²) in [5.41, 5.74) is -0.278.